The van der Waals surface area contributed by atoms with Gasteiger partial charge in [-0.2, -0.15) is 0 Å². The van der Waals surface area contributed by atoms with Crippen LogP contribution < -0.4 is 0 Å². The van der Waals surface area contributed by atoms with Crippen LogP contribution in [0.3, 0.4) is 0 Å². The van der Waals surface area contributed by atoms with Crippen LogP contribution in [0.5, 0.6) is 5.75 Å². The maximum Gasteiger partial charge on any atom is 0.406 e. The van der Waals surface area contributed by atoms with Gasteiger partial charge in [-0.25, -0.2) is 0 Å². The summed E-state index contributed by atoms with van der Waals surface area (Å²) in [5.74, 6) is -1.09. The van der Waals surface area contributed by atoms with E-state index in [1.807, 2.05) is 0 Å². The van der Waals surface area contributed by atoms with Crippen LogP contribution in [0.2, 0.25) is 0 Å². The van der Waals surface area contributed by atoms with Crippen molar-refractivity contribution in [2.24, 2.45) is 5.11 Å². The van der Waals surface area contributed by atoms with Crippen molar-refractivity contribution in [3.63, 3.8) is 0 Å². The van der Waals surface area contributed by atoms with Crippen LogP contribution in [0.4, 0.5) is 5.82 Å². The Hall–Kier alpha value is -2.60. The molecule has 1 aromatic rings. The molecule has 0 aliphatic carbocycles. The summed E-state index contributed by atoms with van der Waals surface area (Å²) < 4.78 is 0. The van der Waals surface area contributed by atoms with Crippen molar-refractivity contribution in [1.29, 1.82) is 0 Å². The lowest BCUT2D eigenvalue weighted by Crippen LogP contribution is -1.93. The molecule has 16 heavy (non-hydrogen) atoms. The second-order valence-corrected chi connectivity index (χ2v) is 2.65. The molecule has 0 unspecified atom stereocenters. The highest BCUT2D eigenvalue weighted by molar-refractivity contribution is 5.50. The van der Waals surface area contributed by atoms with Crippen LogP contribution in [-0.2, 0) is 0 Å². The Balaban J connectivity index is 2.90. The number of nitro groups is 1. The topological polar surface area (TPSA) is 125 Å². The van der Waals surface area contributed by atoms with Gasteiger partial charge in [0.05, 0.1) is 0 Å². The van der Waals surface area contributed by atoms with E-state index in [2.05, 4.69) is 15.0 Å². The molecule has 0 amide bonds. The number of nitrogens with zero attached hydrogens (tertiary/aromatic N) is 5. The molecule has 0 aliphatic heterocycles. The number of aromatic hydroxyl groups is 1. The summed E-state index contributed by atoms with van der Waals surface area (Å²) in [5, 5.41) is 22.8. The first-order chi connectivity index (χ1) is 7.65. The molecule has 0 saturated carbocycles. The molecule has 0 aliphatic rings. The number of aromatic nitrogens is 1. The van der Waals surface area contributed by atoms with Crippen molar-refractivity contribution in [2.75, 3.05) is 6.54 Å². The van der Waals surface area contributed by atoms with E-state index in [1.165, 1.54) is 24.3 Å². The number of azide groups is 1. The fourth-order valence-electron chi connectivity index (χ4n) is 0.940. The number of hydrogen-bond acceptors (Lipinski definition) is 5. The van der Waals surface area contributed by atoms with Crippen LogP contribution in [-0.4, -0.2) is 21.6 Å². The molecule has 8 heteroatoms. The predicted octanol–water partition coefficient (Wildman–Crippen LogP) is 2.02. The number of hydrogen-bond donors (Lipinski definition) is 1. The van der Waals surface area contributed by atoms with Gasteiger partial charge in [-0.15, -0.1) is 0 Å². The van der Waals surface area contributed by atoms with Crippen LogP contribution in [0, 0.1) is 10.1 Å². The predicted molar refractivity (Wildman–Crippen MR) is 55.6 cm³/mol. The minimum absolute atomic E-state index is 0.132. The molecule has 0 spiro atoms. The van der Waals surface area contributed by atoms with Gasteiger partial charge >= 0.3 is 5.82 Å². The number of pyridine rings is 1. The fourth-order valence-corrected chi connectivity index (χ4v) is 0.940. The van der Waals surface area contributed by atoms with Gasteiger partial charge in [0.1, 0.15) is 0 Å². The van der Waals surface area contributed by atoms with E-state index >= 15 is 0 Å². The Labute approximate surface area is 89.6 Å². The van der Waals surface area contributed by atoms with Gasteiger partial charge in [0.25, 0.3) is 0 Å². The third-order valence-corrected chi connectivity index (χ3v) is 1.59. The minimum atomic E-state index is -0.778. The smallest absolute Gasteiger partial charge is 0.406 e. The first-order valence-electron chi connectivity index (χ1n) is 4.17. The lowest BCUT2D eigenvalue weighted by atomic mass is 10.3. The Morgan fingerprint density at radius 3 is 3.06 bits per heavy atom. The first kappa shape index (κ1) is 11.5. The van der Waals surface area contributed by atoms with Crippen LogP contribution in [0.25, 0.3) is 16.5 Å². The highest BCUT2D eigenvalue weighted by Crippen LogP contribution is 2.22. The van der Waals surface area contributed by atoms with Crippen molar-refractivity contribution in [3.8, 4) is 5.75 Å². The van der Waals surface area contributed by atoms with Crippen LogP contribution in [0.1, 0.15) is 5.69 Å². The van der Waals surface area contributed by atoms with E-state index in [-0.39, 0.29) is 6.54 Å². The monoisotopic (exact) mass is 221 g/mol. The largest absolute Gasteiger partial charge is 0.501 e. The molecule has 1 aromatic heterocycles. The quantitative estimate of drug-likeness (QED) is 0.274. The maximum atomic E-state index is 10.4. The summed E-state index contributed by atoms with van der Waals surface area (Å²) in [6.07, 6.45) is 2.96. The van der Waals surface area contributed by atoms with E-state index in [9.17, 15) is 10.1 Å². The SMILES string of the molecule is [N-]=[N+]=NCC=Cc1ccc(O)c([N+](=O)[O-])n1. The summed E-state index contributed by atoms with van der Waals surface area (Å²) in [7, 11) is 0. The lowest BCUT2D eigenvalue weighted by molar-refractivity contribution is -0.390. The number of rotatable bonds is 4. The molecular formula is C8H7N5O3. The van der Waals surface area contributed by atoms with Gasteiger partial charge in [-0.05, 0) is 33.6 Å². The Morgan fingerprint density at radius 2 is 2.44 bits per heavy atom. The summed E-state index contributed by atoms with van der Waals surface area (Å²) in [5.41, 5.74) is 8.31. The van der Waals surface area contributed by atoms with E-state index in [1.54, 1.807) is 0 Å². The van der Waals surface area contributed by atoms with Gasteiger partial charge in [0.15, 0.2) is 5.69 Å². The van der Waals surface area contributed by atoms with Gasteiger partial charge in [0, 0.05) is 11.5 Å². The average Bonchev–Trinajstić information content (AvgIpc) is 2.26. The van der Waals surface area contributed by atoms with Crippen molar-refractivity contribution < 1.29 is 10.0 Å². The third-order valence-electron chi connectivity index (χ3n) is 1.59. The van der Waals surface area contributed by atoms with Crippen LogP contribution >= 0.6 is 0 Å². The minimum Gasteiger partial charge on any atom is -0.501 e. The van der Waals surface area contributed by atoms with Crippen molar-refractivity contribution in [1.82, 2.24) is 4.98 Å². The highest BCUT2D eigenvalue weighted by atomic mass is 16.6. The first-order valence-corrected chi connectivity index (χ1v) is 4.17. The molecule has 0 fully saturated rings. The lowest BCUT2D eigenvalue weighted by Gasteiger charge is -1.95. The third kappa shape index (κ3) is 2.96. The Morgan fingerprint density at radius 1 is 1.69 bits per heavy atom. The van der Waals surface area contributed by atoms with Crippen molar-refractivity contribution in [3.05, 3.63) is 44.5 Å². The van der Waals surface area contributed by atoms with Gasteiger partial charge in [0.2, 0.25) is 5.75 Å². The maximum absolute atomic E-state index is 10.4. The van der Waals surface area contributed by atoms with Gasteiger partial charge in [-0.1, -0.05) is 11.2 Å². The van der Waals surface area contributed by atoms with Crippen molar-refractivity contribution in [2.45, 2.75) is 0 Å². The van der Waals surface area contributed by atoms with E-state index < -0.39 is 16.5 Å². The normalized spacial score (nSPS) is 10.0. The molecule has 1 rings (SSSR count). The zero-order chi connectivity index (χ0) is 12.0. The molecule has 0 aromatic carbocycles. The molecule has 82 valence electrons. The Kier molecular flexibility index (Phi) is 3.82. The summed E-state index contributed by atoms with van der Waals surface area (Å²) in [6.45, 7) is 0.132. The van der Waals surface area contributed by atoms with Gasteiger partial charge in [-0.3, -0.25) is 0 Å². The van der Waals surface area contributed by atoms with E-state index in [0.717, 1.165) is 0 Å². The molecule has 0 saturated heterocycles. The summed E-state index contributed by atoms with van der Waals surface area (Å²) in [4.78, 5) is 15.8. The van der Waals surface area contributed by atoms with Gasteiger partial charge < -0.3 is 15.2 Å². The molecule has 0 radical (unpaired) electrons. The van der Waals surface area contributed by atoms with Crippen molar-refractivity contribution >= 4 is 11.9 Å². The zero-order valence-corrected chi connectivity index (χ0v) is 8.02. The standard InChI is InChI=1S/C8H7N5O3/c9-12-10-5-1-2-6-3-4-7(14)8(11-6)13(15)16/h1-4,14H,5H2. The highest BCUT2D eigenvalue weighted by Gasteiger charge is 2.15. The molecule has 0 atom stereocenters. The molecule has 1 N–H and O–H groups in total. The second kappa shape index (κ2) is 5.32. The molecular weight excluding hydrogens is 214 g/mol. The van der Waals surface area contributed by atoms with E-state index in [4.69, 9.17) is 10.6 Å². The zero-order valence-electron chi connectivity index (χ0n) is 8.02. The average molecular weight is 221 g/mol. The Bertz CT molecular complexity index is 479. The molecule has 1 heterocycles. The second-order valence-electron chi connectivity index (χ2n) is 2.65. The summed E-state index contributed by atoms with van der Waals surface area (Å²) >= 11 is 0. The summed E-state index contributed by atoms with van der Waals surface area (Å²) in [6, 6.07) is 2.59. The molecule has 0 bridgehead atoms. The van der Waals surface area contributed by atoms with Crippen LogP contribution in [0.15, 0.2) is 23.3 Å². The van der Waals surface area contributed by atoms with E-state index in [0.29, 0.717) is 5.69 Å². The molecule has 8 nitrogen and oxygen atoms in total. The fraction of sp³-hybridized carbons (Fsp3) is 0.125.